The van der Waals surface area contributed by atoms with Crippen LogP contribution in [0.15, 0.2) is 0 Å². The molecule has 0 aromatic rings. The van der Waals surface area contributed by atoms with E-state index in [1.807, 2.05) is 0 Å². The van der Waals surface area contributed by atoms with Gasteiger partial charge in [0.05, 0.1) is 0 Å². The fourth-order valence-electron chi connectivity index (χ4n) is 0.155. The Morgan fingerprint density at radius 1 is 1.50 bits per heavy atom. The van der Waals surface area contributed by atoms with Gasteiger partial charge in [0.25, 0.3) is 0 Å². The van der Waals surface area contributed by atoms with Crippen molar-refractivity contribution in [2.24, 2.45) is 0 Å². The fraction of sp³-hybridized carbons (Fsp3) is 0.600. The van der Waals surface area contributed by atoms with Gasteiger partial charge >= 0.3 is 23.1 Å². The molecule has 0 N–H and O–H groups in total. The van der Waals surface area contributed by atoms with Crippen LogP contribution in [-0.2, 0) is 0 Å². The average Bonchev–Trinajstić information content (AvgIpc) is 1.61. The van der Waals surface area contributed by atoms with Crippen LogP contribution in [0.2, 0.25) is 0 Å². The minimum atomic E-state index is 0. The number of hydrogen-bond donors (Lipinski definition) is 0. The maximum Gasteiger partial charge on any atom is 2.00 e. The van der Waals surface area contributed by atoms with Gasteiger partial charge in [0.1, 0.15) is 0 Å². The molecule has 0 atom stereocenters. The predicted octanol–water partition coefficient (Wildman–Crippen LogP) is -1.78. The van der Waals surface area contributed by atoms with Crippen molar-refractivity contribution < 1.29 is 12.4 Å². The second kappa shape index (κ2) is 15.7. The molecule has 0 spiro atoms. The molecule has 0 rings (SSSR count). The molecule has 42 valence electrons. The summed E-state index contributed by atoms with van der Waals surface area (Å²) in [5.74, 6) is 2.88. The Bertz CT molecular complexity index is 57.9. The van der Waals surface area contributed by atoms with E-state index in [1.165, 1.54) is 0 Å². The normalized spacial score (nSPS) is 5.50. The first-order valence-electron chi connectivity index (χ1n) is 1.87. The first kappa shape index (κ1) is 16.0. The minimum Gasteiger partial charge on any atom is -1.00 e. The number of unbranched alkanes of at least 4 members (excludes halogenated alkanes) is 1. The molecule has 0 nitrogen and oxygen atoms in total. The van der Waals surface area contributed by atoms with E-state index in [0.717, 1.165) is 6.42 Å². The van der Waals surface area contributed by atoms with Crippen molar-refractivity contribution in [2.45, 2.75) is 12.8 Å². The Labute approximate surface area is 77.9 Å². The third kappa shape index (κ3) is 15.8. The molecule has 8 heavy (non-hydrogen) atoms. The molecular formula is C5H6Cl2Mg. The van der Waals surface area contributed by atoms with Gasteiger partial charge in [-0.2, -0.15) is 0 Å². The number of alkyl halides is 1. The van der Waals surface area contributed by atoms with Crippen LogP contribution in [-0.4, -0.2) is 28.9 Å². The molecule has 0 heterocycles. The largest absolute Gasteiger partial charge is 2.00 e. The van der Waals surface area contributed by atoms with Crippen LogP contribution in [0, 0.1) is 12.3 Å². The van der Waals surface area contributed by atoms with Crippen LogP contribution in [0.25, 0.3) is 0 Å². The van der Waals surface area contributed by atoms with Crippen molar-refractivity contribution in [1.29, 1.82) is 0 Å². The average molecular weight is 161 g/mol. The van der Waals surface area contributed by atoms with Crippen molar-refractivity contribution in [2.75, 3.05) is 5.88 Å². The maximum absolute atomic E-state index is 6.40. The number of halogens is 2. The zero-order valence-corrected chi connectivity index (χ0v) is 7.51. The number of hydrogen-bond acceptors (Lipinski definition) is 0. The van der Waals surface area contributed by atoms with E-state index in [4.69, 9.17) is 18.0 Å². The summed E-state index contributed by atoms with van der Waals surface area (Å²) >= 11 is 5.26. The Morgan fingerprint density at radius 3 is 2.12 bits per heavy atom. The van der Waals surface area contributed by atoms with Crippen LogP contribution in [0.5, 0.6) is 0 Å². The molecule has 0 aliphatic heterocycles. The van der Waals surface area contributed by atoms with Gasteiger partial charge in [-0.05, 0) is 12.8 Å². The molecule has 0 aromatic carbocycles. The molecular weight excluding hydrogens is 155 g/mol. The molecule has 3 heteroatoms. The topological polar surface area (TPSA) is 0 Å². The predicted molar refractivity (Wildman–Crippen MR) is 32.8 cm³/mol. The fourth-order valence-corrected chi connectivity index (χ4v) is 0.289. The summed E-state index contributed by atoms with van der Waals surface area (Å²) in [5, 5.41) is 0. The first-order chi connectivity index (χ1) is 2.91. The summed E-state index contributed by atoms with van der Waals surface area (Å²) in [5.41, 5.74) is 0. The summed E-state index contributed by atoms with van der Waals surface area (Å²) in [6.07, 6.45) is 7.98. The summed E-state index contributed by atoms with van der Waals surface area (Å²) in [7, 11) is 0. The molecule has 0 aromatic heterocycles. The second-order valence-corrected chi connectivity index (χ2v) is 1.35. The maximum atomic E-state index is 6.40. The molecule has 0 radical (unpaired) electrons. The van der Waals surface area contributed by atoms with Crippen LogP contribution in [0.1, 0.15) is 12.8 Å². The van der Waals surface area contributed by atoms with Crippen LogP contribution >= 0.6 is 11.6 Å². The summed E-state index contributed by atoms with van der Waals surface area (Å²) in [4.78, 5) is 0. The van der Waals surface area contributed by atoms with Gasteiger partial charge in [0.15, 0.2) is 0 Å². The Kier molecular flexibility index (Phi) is 31.3. The van der Waals surface area contributed by atoms with Gasteiger partial charge in [-0.15, -0.1) is 11.6 Å². The van der Waals surface area contributed by atoms with Crippen molar-refractivity contribution in [3.63, 3.8) is 0 Å². The minimum absolute atomic E-state index is 0. The summed E-state index contributed by atoms with van der Waals surface area (Å²) in [6, 6.07) is 0. The van der Waals surface area contributed by atoms with Gasteiger partial charge in [0, 0.05) is 5.88 Å². The second-order valence-electron chi connectivity index (χ2n) is 0.969. The van der Waals surface area contributed by atoms with Gasteiger partial charge in [-0.25, -0.2) is 0 Å². The van der Waals surface area contributed by atoms with E-state index in [-0.39, 0.29) is 35.5 Å². The van der Waals surface area contributed by atoms with E-state index < -0.39 is 0 Å². The van der Waals surface area contributed by atoms with Crippen molar-refractivity contribution in [3.05, 3.63) is 6.42 Å². The van der Waals surface area contributed by atoms with E-state index in [9.17, 15) is 0 Å². The van der Waals surface area contributed by atoms with Crippen LogP contribution in [0.3, 0.4) is 0 Å². The van der Waals surface area contributed by atoms with Gasteiger partial charge in [-0.3, -0.25) is 0 Å². The standard InChI is InChI=1S/C5H6Cl.ClH.Mg/c1-2-3-4-5-6;;/h3-5H2;1H;/q-1;;+2/p-1. The Balaban J connectivity index is -0.000000125. The summed E-state index contributed by atoms with van der Waals surface area (Å²) < 4.78 is 0. The molecule has 0 aliphatic carbocycles. The van der Waals surface area contributed by atoms with Crippen molar-refractivity contribution in [3.8, 4) is 5.92 Å². The zero-order valence-electron chi connectivity index (χ0n) is 4.58. The molecule has 0 amide bonds. The van der Waals surface area contributed by atoms with E-state index in [2.05, 4.69) is 5.92 Å². The molecule has 0 unspecified atom stereocenters. The van der Waals surface area contributed by atoms with E-state index in [0.29, 0.717) is 12.3 Å². The quantitative estimate of drug-likeness (QED) is 0.148. The third-order valence-electron chi connectivity index (χ3n) is 0.435. The monoisotopic (exact) mass is 160 g/mol. The molecule has 0 saturated carbocycles. The Hall–Kier alpha value is 0.906. The van der Waals surface area contributed by atoms with Crippen molar-refractivity contribution in [1.82, 2.24) is 0 Å². The number of rotatable bonds is 2. The van der Waals surface area contributed by atoms with Gasteiger partial charge < -0.3 is 24.8 Å². The summed E-state index contributed by atoms with van der Waals surface area (Å²) in [6.45, 7) is 0. The Morgan fingerprint density at radius 2 is 2.00 bits per heavy atom. The van der Waals surface area contributed by atoms with Crippen LogP contribution < -0.4 is 12.4 Å². The first-order valence-corrected chi connectivity index (χ1v) is 2.41. The molecule has 0 bridgehead atoms. The molecule has 0 fully saturated rings. The van der Waals surface area contributed by atoms with Gasteiger partial charge in [0.2, 0.25) is 0 Å². The SMILES string of the molecule is [C-]#CCCCCl.[Cl-].[Mg+2]. The van der Waals surface area contributed by atoms with Crippen LogP contribution in [0.4, 0.5) is 0 Å². The van der Waals surface area contributed by atoms with Crippen molar-refractivity contribution >= 4 is 34.7 Å². The van der Waals surface area contributed by atoms with E-state index in [1.54, 1.807) is 0 Å². The molecule has 0 saturated heterocycles. The third-order valence-corrected chi connectivity index (χ3v) is 0.703. The van der Waals surface area contributed by atoms with Gasteiger partial charge in [-0.1, -0.05) is 0 Å². The smallest absolute Gasteiger partial charge is 1.00 e. The zero-order chi connectivity index (χ0) is 4.83. The van der Waals surface area contributed by atoms with E-state index >= 15 is 0 Å². The molecule has 0 aliphatic rings.